The second kappa shape index (κ2) is 9.47. The topological polar surface area (TPSA) is 107 Å². The van der Waals surface area contributed by atoms with Crippen molar-refractivity contribution in [3.63, 3.8) is 0 Å². The summed E-state index contributed by atoms with van der Waals surface area (Å²) in [6, 6.07) is 11.3. The molecule has 1 atom stereocenters. The molecule has 1 saturated carbocycles. The van der Waals surface area contributed by atoms with Crippen LogP contribution in [0.4, 0.5) is 11.6 Å². The van der Waals surface area contributed by atoms with Gasteiger partial charge in [-0.25, -0.2) is 4.98 Å². The molecule has 2 aromatic heterocycles. The fourth-order valence-corrected chi connectivity index (χ4v) is 5.12. The molecule has 2 fully saturated rings. The molecule has 2 aliphatic rings. The van der Waals surface area contributed by atoms with E-state index in [0.29, 0.717) is 28.6 Å². The van der Waals surface area contributed by atoms with Crippen LogP contribution in [0.2, 0.25) is 0 Å². The molecule has 9 nitrogen and oxygen atoms in total. The van der Waals surface area contributed by atoms with Crippen molar-refractivity contribution in [2.75, 3.05) is 32.5 Å². The highest BCUT2D eigenvalue weighted by Crippen LogP contribution is 2.31. The summed E-state index contributed by atoms with van der Waals surface area (Å²) in [6.07, 6.45) is 6.55. The number of carbonyl (C=O) groups excluding carboxylic acids is 1. The first-order chi connectivity index (χ1) is 16.9. The summed E-state index contributed by atoms with van der Waals surface area (Å²) in [7, 11) is 4.09. The zero-order valence-corrected chi connectivity index (χ0v) is 20.1. The third kappa shape index (κ3) is 4.49. The van der Waals surface area contributed by atoms with Crippen LogP contribution in [0.15, 0.2) is 41.3 Å². The van der Waals surface area contributed by atoms with Crippen molar-refractivity contribution in [3.8, 4) is 6.07 Å². The predicted octanol–water partition coefficient (Wildman–Crippen LogP) is 3.30. The van der Waals surface area contributed by atoms with Crippen molar-refractivity contribution in [2.45, 2.75) is 44.2 Å². The van der Waals surface area contributed by atoms with Crippen LogP contribution in [-0.2, 0) is 0 Å². The van der Waals surface area contributed by atoms with Gasteiger partial charge in [0.1, 0.15) is 17.3 Å². The fourth-order valence-electron chi connectivity index (χ4n) is 5.12. The van der Waals surface area contributed by atoms with Gasteiger partial charge in [0.05, 0.1) is 0 Å². The molecule has 1 amide bonds. The SMILES string of the molecule is CN(C)C1CCN(C(=O)c2ccc(Nc3ncc4cc(C#N)c(=O)n(C5CCCC5)c4n3)cc2)C1. The summed E-state index contributed by atoms with van der Waals surface area (Å²) in [5.41, 5.74) is 1.75. The maximum Gasteiger partial charge on any atom is 0.270 e. The normalized spacial score (nSPS) is 18.3. The molecule has 1 N–H and O–H groups in total. The summed E-state index contributed by atoms with van der Waals surface area (Å²) >= 11 is 0. The van der Waals surface area contributed by atoms with E-state index in [4.69, 9.17) is 0 Å². The molecule has 1 saturated heterocycles. The smallest absolute Gasteiger partial charge is 0.270 e. The van der Waals surface area contributed by atoms with Gasteiger partial charge in [0.2, 0.25) is 5.95 Å². The monoisotopic (exact) mass is 471 g/mol. The van der Waals surface area contributed by atoms with Crippen molar-refractivity contribution < 1.29 is 4.79 Å². The Kier molecular flexibility index (Phi) is 6.22. The Hall–Kier alpha value is -3.77. The van der Waals surface area contributed by atoms with Crippen LogP contribution >= 0.6 is 0 Å². The standard InChI is InChI=1S/C26H29N7O2/c1-31(2)22-11-12-32(16-22)24(34)17-7-9-20(10-8-17)29-26-28-15-19-13-18(14-27)25(35)33(23(19)30-26)21-5-3-4-6-21/h7-10,13,15,21-22H,3-6,11-12,16H2,1-2H3,(H,28,29,30). The van der Waals surface area contributed by atoms with Crippen molar-refractivity contribution in [1.82, 2.24) is 24.3 Å². The van der Waals surface area contributed by atoms with E-state index in [0.717, 1.165) is 50.9 Å². The highest BCUT2D eigenvalue weighted by Gasteiger charge is 2.28. The van der Waals surface area contributed by atoms with Crippen molar-refractivity contribution in [3.05, 3.63) is 58.0 Å². The lowest BCUT2D eigenvalue weighted by atomic mass is 10.2. The quantitative estimate of drug-likeness (QED) is 0.608. The minimum absolute atomic E-state index is 0.0386. The molecule has 5 rings (SSSR count). The summed E-state index contributed by atoms with van der Waals surface area (Å²) in [5.74, 6) is 0.400. The number of hydrogen-bond donors (Lipinski definition) is 1. The van der Waals surface area contributed by atoms with Gasteiger partial charge < -0.3 is 15.1 Å². The fraction of sp³-hybridized carbons (Fsp3) is 0.423. The number of likely N-dealkylation sites (N-methyl/N-ethyl adjacent to an activating group) is 1. The lowest BCUT2D eigenvalue weighted by molar-refractivity contribution is 0.0783. The highest BCUT2D eigenvalue weighted by molar-refractivity contribution is 5.94. The van der Waals surface area contributed by atoms with Gasteiger partial charge >= 0.3 is 0 Å². The van der Waals surface area contributed by atoms with Gasteiger partial charge in [0, 0.05) is 48.0 Å². The first kappa shape index (κ1) is 23.0. The molecule has 1 aromatic carbocycles. The minimum Gasteiger partial charge on any atom is -0.337 e. The van der Waals surface area contributed by atoms with E-state index in [1.165, 1.54) is 0 Å². The number of anilines is 2. The number of rotatable bonds is 5. The molecule has 1 aliphatic heterocycles. The van der Waals surface area contributed by atoms with Crippen LogP contribution in [0, 0.1) is 11.3 Å². The molecule has 180 valence electrons. The van der Waals surface area contributed by atoms with Gasteiger partial charge in [-0.3, -0.25) is 14.2 Å². The zero-order chi connectivity index (χ0) is 24.5. The lowest BCUT2D eigenvalue weighted by Gasteiger charge is -2.20. The van der Waals surface area contributed by atoms with Crippen LogP contribution in [0.5, 0.6) is 0 Å². The van der Waals surface area contributed by atoms with E-state index in [1.54, 1.807) is 16.8 Å². The van der Waals surface area contributed by atoms with E-state index in [2.05, 4.69) is 20.2 Å². The zero-order valence-electron chi connectivity index (χ0n) is 20.1. The summed E-state index contributed by atoms with van der Waals surface area (Å²) < 4.78 is 1.67. The van der Waals surface area contributed by atoms with Crippen molar-refractivity contribution in [2.24, 2.45) is 0 Å². The molecule has 3 heterocycles. The Bertz CT molecular complexity index is 1350. The number of likely N-dealkylation sites (tertiary alicyclic amines) is 1. The van der Waals surface area contributed by atoms with Gasteiger partial charge in [-0.1, -0.05) is 12.8 Å². The average Bonchev–Trinajstić information content (AvgIpc) is 3.57. The van der Waals surface area contributed by atoms with Gasteiger partial charge in [0.15, 0.2) is 0 Å². The van der Waals surface area contributed by atoms with Crippen LogP contribution in [-0.4, -0.2) is 63.5 Å². The lowest BCUT2D eigenvalue weighted by Crippen LogP contribution is -2.34. The van der Waals surface area contributed by atoms with Crippen LogP contribution in [0.1, 0.15) is 54.1 Å². The van der Waals surface area contributed by atoms with Crippen LogP contribution < -0.4 is 10.9 Å². The number of nitriles is 1. The number of amides is 1. The number of benzene rings is 1. The Morgan fingerprint density at radius 2 is 1.91 bits per heavy atom. The first-order valence-corrected chi connectivity index (χ1v) is 12.1. The molecule has 0 spiro atoms. The number of carbonyl (C=O) groups is 1. The second-order valence-electron chi connectivity index (χ2n) is 9.62. The maximum absolute atomic E-state index is 13.0. The van der Waals surface area contributed by atoms with Gasteiger partial charge in [-0.15, -0.1) is 0 Å². The highest BCUT2D eigenvalue weighted by atomic mass is 16.2. The molecule has 35 heavy (non-hydrogen) atoms. The molecule has 3 aromatic rings. The predicted molar refractivity (Wildman–Crippen MR) is 134 cm³/mol. The van der Waals surface area contributed by atoms with Gasteiger partial charge in [-0.05, 0) is 63.7 Å². The Labute approximate surface area is 204 Å². The largest absolute Gasteiger partial charge is 0.337 e. The second-order valence-corrected chi connectivity index (χ2v) is 9.62. The molecule has 0 bridgehead atoms. The minimum atomic E-state index is -0.294. The van der Waals surface area contributed by atoms with Crippen LogP contribution in [0.25, 0.3) is 11.0 Å². The number of nitrogens with one attached hydrogen (secondary N) is 1. The first-order valence-electron chi connectivity index (χ1n) is 12.1. The summed E-state index contributed by atoms with van der Waals surface area (Å²) in [6.45, 7) is 1.51. The van der Waals surface area contributed by atoms with Crippen molar-refractivity contribution >= 4 is 28.6 Å². The molecule has 0 radical (unpaired) electrons. The van der Waals surface area contributed by atoms with E-state index >= 15 is 0 Å². The number of pyridine rings is 1. The van der Waals surface area contributed by atoms with Crippen LogP contribution in [0.3, 0.4) is 0 Å². The maximum atomic E-state index is 13.0. The van der Waals surface area contributed by atoms with Crippen molar-refractivity contribution in [1.29, 1.82) is 5.26 Å². The van der Waals surface area contributed by atoms with E-state index < -0.39 is 0 Å². The Morgan fingerprint density at radius 3 is 2.57 bits per heavy atom. The number of nitrogens with zero attached hydrogens (tertiary/aromatic N) is 6. The molecule has 9 heteroatoms. The molecular formula is C26H29N7O2. The van der Waals surface area contributed by atoms with E-state index in [9.17, 15) is 14.9 Å². The Balaban J connectivity index is 1.38. The molecular weight excluding hydrogens is 442 g/mol. The van der Waals surface area contributed by atoms with E-state index in [1.807, 2.05) is 49.3 Å². The summed E-state index contributed by atoms with van der Waals surface area (Å²) in [5, 5.41) is 13.3. The molecule has 1 unspecified atom stereocenters. The number of fused-ring (bicyclic) bond motifs is 1. The average molecular weight is 472 g/mol. The van der Waals surface area contributed by atoms with Gasteiger partial charge in [0.25, 0.3) is 11.5 Å². The van der Waals surface area contributed by atoms with E-state index in [-0.39, 0.29) is 23.1 Å². The third-order valence-corrected chi connectivity index (χ3v) is 7.15. The number of aromatic nitrogens is 3. The number of hydrogen-bond acceptors (Lipinski definition) is 7. The molecule has 1 aliphatic carbocycles. The third-order valence-electron chi connectivity index (χ3n) is 7.15. The summed E-state index contributed by atoms with van der Waals surface area (Å²) in [4.78, 5) is 39.0. The van der Waals surface area contributed by atoms with Gasteiger partial charge in [-0.2, -0.15) is 10.2 Å². The Morgan fingerprint density at radius 1 is 1.17 bits per heavy atom.